The molecule has 1 N–H and O–H groups in total. The van der Waals surface area contributed by atoms with Crippen LogP contribution in [0.2, 0.25) is 0 Å². The minimum absolute atomic E-state index is 0.0154. The van der Waals surface area contributed by atoms with Gasteiger partial charge in [-0.3, -0.25) is 14.5 Å². The molecule has 190 valence electrons. The van der Waals surface area contributed by atoms with Gasteiger partial charge in [-0.1, -0.05) is 19.4 Å². The second-order valence-electron chi connectivity index (χ2n) is 11.0. The van der Waals surface area contributed by atoms with E-state index in [4.69, 9.17) is 9.47 Å². The molecular formula is C28H39N3O4. The van der Waals surface area contributed by atoms with Crippen LogP contribution in [0.3, 0.4) is 0 Å². The van der Waals surface area contributed by atoms with E-state index in [0.717, 1.165) is 55.8 Å². The first-order valence-corrected chi connectivity index (χ1v) is 13.3. The molecule has 1 aromatic rings. The first-order valence-electron chi connectivity index (χ1n) is 13.3. The minimum atomic E-state index is -0.437. The number of nitrogens with one attached hydrogen (secondary N) is 1. The van der Waals surface area contributed by atoms with E-state index < -0.39 is 6.04 Å². The number of carbonyl (C=O) groups is 2. The molecule has 0 radical (unpaired) electrons. The molecule has 3 aliphatic heterocycles. The summed E-state index contributed by atoms with van der Waals surface area (Å²) in [5.74, 6) is 0.628. The van der Waals surface area contributed by atoms with Gasteiger partial charge in [-0.25, -0.2) is 0 Å². The van der Waals surface area contributed by atoms with Crippen LogP contribution in [-0.4, -0.2) is 65.6 Å². The van der Waals surface area contributed by atoms with E-state index in [0.29, 0.717) is 31.0 Å². The molecule has 2 saturated heterocycles. The molecule has 5 rings (SSSR count). The Morgan fingerprint density at radius 3 is 2.60 bits per heavy atom. The topological polar surface area (TPSA) is 71.1 Å². The van der Waals surface area contributed by atoms with Crippen LogP contribution in [0.25, 0.3) is 0 Å². The molecule has 3 fully saturated rings. The zero-order valence-corrected chi connectivity index (χ0v) is 21.2. The monoisotopic (exact) mass is 481 g/mol. The average Bonchev–Trinajstić information content (AvgIpc) is 3.00. The van der Waals surface area contributed by atoms with Crippen LogP contribution in [0, 0.1) is 0 Å². The SMILES string of the molecule is C=C1CCC(N2Cc3cc(OC4CCCCCC4N4CCC(C)(OC)CC4)ccc3C2=O)C(=O)N1. The molecule has 3 atom stereocenters. The number of benzene rings is 1. The molecule has 0 bridgehead atoms. The number of piperidine rings is 2. The van der Waals surface area contributed by atoms with E-state index in [1.54, 1.807) is 4.90 Å². The maximum atomic E-state index is 13.1. The molecule has 0 spiro atoms. The highest BCUT2D eigenvalue weighted by atomic mass is 16.5. The fraction of sp³-hybridized carbons (Fsp3) is 0.643. The lowest BCUT2D eigenvalue weighted by atomic mass is 9.91. The van der Waals surface area contributed by atoms with Crippen LogP contribution in [0.5, 0.6) is 5.75 Å². The van der Waals surface area contributed by atoms with Gasteiger partial charge >= 0.3 is 0 Å². The quantitative estimate of drug-likeness (QED) is 0.644. The van der Waals surface area contributed by atoms with Gasteiger partial charge in [0.1, 0.15) is 17.9 Å². The van der Waals surface area contributed by atoms with Crippen LogP contribution in [0.4, 0.5) is 0 Å². The third-order valence-corrected chi connectivity index (χ3v) is 8.63. The zero-order chi connectivity index (χ0) is 24.6. The smallest absolute Gasteiger partial charge is 0.255 e. The van der Waals surface area contributed by atoms with Gasteiger partial charge in [-0.15, -0.1) is 0 Å². The van der Waals surface area contributed by atoms with Crippen molar-refractivity contribution < 1.29 is 19.1 Å². The molecule has 1 aliphatic carbocycles. The second kappa shape index (κ2) is 9.94. The summed E-state index contributed by atoms with van der Waals surface area (Å²) in [5, 5.41) is 2.81. The van der Waals surface area contributed by atoms with Crippen molar-refractivity contribution in [1.29, 1.82) is 0 Å². The maximum absolute atomic E-state index is 13.1. The number of methoxy groups -OCH3 is 1. The second-order valence-corrected chi connectivity index (χ2v) is 11.0. The number of fused-ring (bicyclic) bond motifs is 1. The lowest BCUT2D eigenvalue weighted by Gasteiger charge is -2.43. The van der Waals surface area contributed by atoms with Gasteiger partial charge in [0.05, 0.1) is 5.60 Å². The summed E-state index contributed by atoms with van der Waals surface area (Å²) in [4.78, 5) is 29.9. The van der Waals surface area contributed by atoms with Gasteiger partial charge in [0.15, 0.2) is 0 Å². The summed E-state index contributed by atoms with van der Waals surface area (Å²) in [5.41, 5.74) is 2.34. The van der Waals surface area contributed by atoms with Crippen LogP contribution < -0.4 is 10.1 Å². The van der Waals surface area contributed by atoms with Gasteiger partial charge in [0.2, 0.25) is 5.91 Å². The molecule has 3 heterocycles. The van der Waals surface area contributed by atoms with Gasteiger partial charge in [0.25, 0.3) is 5.91 Å². The van der Waals surface area contributed by atoms with Crippen molar-refractivity contribution in [2.24, 2.45) is 0 Å². The van der Waals surface area contributed by atoms with Crippen molar-refractivity contribution in [2.45, 2.75) is 95.0 Å². The van der Waals surface area contributed by atoms with Crippen molar-refractivity contribution in [1.82, 2.24) is 15.1 Å². The lowest BCUT2D eigenvalue weighted by molar-refractivity contribution is -0.126. The van der Waals surface area contributed by atoms with Gasteiger partial charge in [-0.05, 0) is 75.6 Å². The molecule has 2 amide bonds. The molecule has 3 unspecified atom stereocenters. The normalized spacial score (nSPS) is 29.5. The van der Waals surface area contributed by atoms with Crippen molar-refractivity contribution in [3.63, 3.8) is 0 Å². The summed E-state index contributed by atoms with van der Waals surface area (Å²) in [6.45, 7) is 8.59. The predicted molar refractivity (Wildman–Crippen MR) is 134 cm³/mol. The highest BCUT2D eigenvalue weighted by Gasteiger charge is 2.39. The number of likely N-dealkylation sites (tertiary alicyclic amines) is 1. The van der Waals surface area contributed by atoms with Crippen LogP contribution >= 0.6 is 0 Å². The number of nitrogens with zero attached hydrogens (tertiary/aromatic N) is 2. The standard InChI is InChI=1S/C28H39N3O4/c1-19-9-12-24(26(32)29-19)31-18-20-17-21(10-11-22(20)27(31)33)35-25-8-6-4-5-7-23(25)30-15-13-28(2,34-3)14-16-30/h10-11,17,23-25H,1,4-9,12-16,18H2,2-3H3,(H,29,32). The molecule has 35 heavy (non-hydrogen) atoms. The average molecular weight is 482 g/mol. The van der Waals surface area contributed by atoms with E-state index in [2.05, 4.69) is 23.7 Å². The summed E-state index contributed by atoms with van der Waals surface area (Å²) < 4.78 is 12.4. The Kier molecular flexibility index (Phi) is 6.91. The molecule has 1 aromatic carbocycles. The Labute approximate surface area is 208 Å². The number of rotatable bonds is 5. The number of hydrogen-bond donors (Lipinski definition) is 1. The van der Waals surface area contributed by atoms with Gasteiger partial charge in [0, 0.05) is 44.0 Å². The summed E-state index contributed by atoms with van der Waals surface area (Å²) in [6, 6.07) is 5.80. The highest BCUT2D eigenvalue weighted by molar-refractivity contribution is 6.01. The molecule has 7 heteroatoms. The zero-order valence-electron chi connectivity index (χ0n) is 21.2. The van der Waals surface area contributed by atoms with E-state index >= 15 is 0 Å². The fourth-order valence-electron chi connectivity index (χ4n) is 6.22. The van der Waals surface area contributed by atoms with E-state index in [9.17, 15) is 9.59 Å². The number of allylic oxidation sites excluding steroid dienone is 1. The van der Waals surface area contributed by atoms with Crippen LogP contribution in [0.1, 0.15) is 80.6 Å². The molecule has 1 saturated carbocycles. The van der Waals surface area contributed by atoms with Crippen LogP contribution in [-0.2, 0) is 16.1 Å². The van der Waals surface area contributed by atoms with E-state index in [-0.39, 0.29) is 23.5 Å². The van der Waals surface area contributed by atoms with Crippen molar-refractivity contribution in [3.8, 4) is 5.75 Å². The Morgan fingerprint density at radius 2 is 1.86 bits per heavy atom. The van der Waals surface area contributed by atoms with Crippen molar-refractivity contribution in [2.75, 3.05) is 20.2 Å². The molecular weight excluding hydrogens is 442 g/mol. The number of hydrogen-bond acceptors (Lipinski definition) is 5. The van der Waals surface area contributed by atoms with Crippen molar-refractivity contribution >= 4 is 11.8 Å². The Bertz CT molecular complexity index is 984. The first-order chi connectivity index (χ1) is 16.9. The summed E-state index contributed by atoms with van der Waals surface area (Å²) in [6.07, 6.45) is 9.45. The highest BCUT2D eigenvalue weighted by Crippen LogP contribution is 2.34. The molecule has 0 aromatic heterocycles. The number of carbonyl (C=O) groups excluding carboxylic acids is 2. The number of ether oxygens (including phenoxy) is 2. The van der Waals surface area contributed by atoms with Gasteiger partial charge in [-0.2, -0.15) is 0 Å². The van der Waals surface area contributed by atoms with E-state index in [1.807, 2.05) is 25.3 Å². The lowest BCUT2D eigenvalue weighted by Crippen LogP contribution is -2.52. The Hall–Kier alpha value is -2.38. The maximum Gasteiger partial charge on any atom is 0.255 e. The Balaban J connectivity index is 1.28. The third kappa shape index (κ3) is 4.98. The largest absolute Gasteiger partial charge is 0.489 e. The minimum Gasteiger partial charge on any atom is -0.489 e. The summed E-state index contributed by atoms with van der Waals surface area (Å²) >= 11 is 0. The Morgan fingerprint density at radius 1 is 1.09 bits per heavy atom. The molecule has 4 aliphatic rings. The van der Waals surface area contributed by atoms with E-state index in [1.165, 1.54) is 19.3 Å². The van der Waals surface area contributed by atoms with Crippen molar-refractivity contribution in [3.05, 3.63) is 41.6 Å². The number of amides is 2. The third-order valence-electron chi connectivity index (χ3n) is 8.63. The molecule has 7 nitrogen and oxygen atoms in total. The first kappa shape index (κ1) is 24.3. The predicted octanol–water partition coefficient (Wildman–Crippen LogP) is 4.02. The van der Waals surface area contributed by atoms with Crippen LogP contribution in [0.15, 0.2) is 30.5 Å². The summed E-state index contributed by atoms with van der Waals surface area (Å²) in [7, 11) is 1.82. The van der Waals surface area contributed by atoms with Gasteiger partial charge < -0.3 is 19.7 Å². The fourth-order valence-corrected chi connectivity index (χ4v) is 6.22.